The Morgan fingerprint density at radius 1 is 1.30 bits per heavy atom. The summed E-state index contributed by atoms with van der Waals surface area (Å²) in [5, 5.41) is 0. The van der Waals surface area contributed by atoms with E-state index in [0.29, 0.717) is 0 Å². The van der Waals surface area contributed by atoms with Gasteiger partial charge < -0.3 is 5.73 Å². The molecule has 0 aromatic heterocycles. The molecule has 1 rings (SSSR count). The van der Waals surface area contributed by atoms with Crippen molar-refractivity contribution in [2.45, 2.75) is 32.6 Å². The van der Waals surface area contributed by atoms with E-state index in [1.165, 1.54) is 0 Å². The summed E-state index contributed by atoms with van der Waals surface area (Å²) in [4.78, 5) is -0.769. The second-order valence-corrected chi connectivity index (χ2v) is 7.52. The molecular weight excluding hydrogens is 286 g/mol. The molecule has 0 aliphatic carbocycles. The van der Waals surface area contributed by atoms with Crippen LogP contribution in [0.5, 0.6) is 0 Å². The fourth-order valence-electron chi connectivity index (χ4n) is 1.34. The quantitative estimate of drug-likeness (QED) is 0.821. The second kappa shape index (κ2) is 5.65. The molecule has 0 atom stereocenters. The number of anilines is 1. The van der Waals surface area contributed by atoms with Crippen molar-refractivity contribution in [1.29, 1.82) is 0 Å². The maximum absolute atomic E-state index is 13.6. The minimum absolute atomic E-state index is 0.114. The van der Waals surface area contributed by atoms with Gasteiger partial charge in [-0.05, 0) is 23.5 Å². The topological polar surface area (TPSA) is 72.2 Å². The Hall–Kier alpha value is -1.21. The number of benzene rings is 1. The highest BCUT2D eigenvalue weighted by Crippen LogP contribution is 2.26. The lowest BCUT2D eigenvalue weighted by Gasteiger charge is -2.29. The predicted molar refractivity (Wildman–Crippen MR) is 74.6 cm³/mol. The zero-order chi connectivity index (χ0) is 15.7. The van der Waals surface area contributed by atoms with Crippen molar-refractivity contribution >= 4 is 15.7 Å². The van der Waals surface area contributed by atoms with Gasteiger partial charge in [0.1, 0.15) is 4.90 Å². The van der Waals surface area contributed by atoms with Crippen LogP contribution in [0.15, 0.2) is 17.0 Å². The van der Waals surface area contributed by atoms with Crippen LogP contribution < -0.4 is 10.5 Å². The normalized spacial score (nSPS) is 12.9. The zero-order valence-corrected chi connectivity index (χ0v) is 12.8. The van der Waals surface area contributed by atoms with Crippen molar-refractivity contribution < 1.29 is 17.2 Å². The number of hydrogen-bond acceptors (Lipinski definition) is 3. The lowest BCUT2D eigenvalue weighted by atomic mass is 9.81. The molecule has 7 heteroatoms. The first-order valence-electron chi connectivity index (χ1n) is 6.21. The number of sulfonamides is 1. The molecule has 20 heavy (non-hydrogen) atoms. The number of nitrogens with two attached hydrogens (primary N) is 1. The van der Waals surface area contributed by atoms with Crippen molar-refractivity contribution in [2.24, 2.45) is 11.3 Å². The molecule has 0 bridgehead atoms. The number of nitrogen functional groups attached to an aromatic ring is 1. The molecule has 0 heterocycles. The highest BCUT2D eigenvalue weighted by Gasteiger charge is 2.28. The summed E-state index contributed by atoms with van der Waals surface area (Å²) < 4.78 is 53.2. The molecule has 0 unspecified atom stereocenters. The van der Waals surface area contributed by atoms with E-state index in [0.717, 1.165) is 12.1 Å². The smallest absolute Gasteiger partial charge is 0.243 e. The Balaban J connectivity index is 3.07. The first-order valence-corrected chi connectivity index (χ1v) is 7.70. The number of hydrogen-bond donors (Lipinski definition) is 2. The van der Waals surface area contributed by atoms with Gasteiger partial charge in [0.25, 0.3) is 0 Å². The highest BCUT2D eigenvalue weighted by atomic mass is 32.2. The molecule has 0 aliphatic heterocycles. The molecule has 1 aromatic rings. The van der Waals surface area contributed by atoms with Gasteiger partial charge in [-0.1, -0.05) is 27.7 Å². The van der Waals surface area contributed by atoms with Crippen molar-refractivity contribution in [3.8, 4) is 0 Å². The van der Waals surface area contributed by atoms with Gasteiger partial charge in [0, 0.05) is 12.2 Å². The van der Waals surface area contributed by atoms with Crippen LogP contribution in [-0.2, 0) is 10.0 Å². The first kappa shape index (κ1) is 16.8. The summed E-state index contributed by atoms with van der Waals surface area (Å²) in [6, 6.07) is 1.65. The molecule has 0 aliphatic rings. The summed E-state index contributed by atoms with van der Waals surface area (Å²) in [5.74, 6) is -2.49. The van der Waals surface area contributed by atoms with E-state index in [4.69, 9.17) is 5.73 Å². The largest absolute Gasteiger partial charge is 0.399 e. The number of rotatable bonds is 5. The molecule has 4 nitrogen and oxygen atoms in total. The molecule has 0 spiro atoms. The van der Waals surface area contributed by atoms with E-state index in [1.54, 1.807) is 0 Å². The molecular formula is C13H20F2N2O2S. The summed E-state index contributed by atoms with van der Waals surface area (Å²) in [6.45, 7) is 7.79. The summed E-state index contributed by atoms with van der Waals surface area (Å²) >= 11 is 0. The molecule has 0 saturated carbocycles. The molecule has 0 amide bonds. The molecule has 114 valence electrons. The average molecular weight is 306 g/mol. The lowest BCUT2D eigenvalue weighted by molar-refractivity contribution is 0.252. The van der Waals surface area contributed by atoms with Crippen LogP contribution in [0.1, 0.15) is 27.7 Å². The molecule has 3 N–H and O–H groups in total. The van der Waals surface area contributed by atoms with Crippen molar-refractivity contribution in [3.05, 3.63) is 23.8 Å². The average Bonchev–Trinajstić information content (AvgIpc) is 2.31. The van der Waals surface area contributed by atoms with Crippen LogP contribution in [0, 0.1) is 23.0 Å². The van der Waals surface area contributed by atoms with E-state index < -0.39 is 26.6 Å². The summed E-state index contributed by atoms with van der Waals surface area (Å²) in [6.07, 6.45) is 0. The van der Waals surface area contributed by atoms with Gasteiger partial charge in [-0.15, -0.1) is 0 Å². The molecule has 0 radical (unpaired) electrons. The summed E-state index contributed by atoms with van der Waals surface area (Å²) in [5.41, 5.74) is 4.89. The third-order valence-electron chi connectivity index (χ3n) is 3.59. The van der Waals surface area contributed by atoms with E-state index in [2.05, 4.69) is 4.72 Å². The standard InChI is InChI=1S/C13H20F2N2O2S/c1-8(2)13(3,4)7-17-20(18,19)11-6-9(16)5-10(14)12(11)15/h5-6,8,17H,7,16H2,1-4H3. The van der Waals surface area contributed by atoms with Gasteiger partial charge in [0.2, 0.25) is 10.0 Å². The Morgan fingerprint density at radius 3 is 2.35 bits per heavy atom. The highest BCUT2D eigenvalue weighted by molar-refractivity contribution is 7.89. The number of halogens is 2. The van der Waals surface area contributed by atoms with Crippen molar-refractivity contribution in [3.63, 3.8) is 0 Å². The predicted octanol–water partition coefficient (Wildman–Crippen LogP) is 2.51. The van der Waals surface area contributed by atoms with Crippen LogP contribution >= 0.6 is 0 Å². The monoisotopic (exact) mass is 306 g/mol. The minimum atomic E-state index is -4.15. The van der Waals surface area contributed by atoms with E-state index in [9.17, 15) is 17.2 Å². The van der Waals surface area contributed by atoms with Gasteiger partial charge >= 0.3 is 0 Å². The first-order chi connectivity index (χ1) is 8.97. The van der Waals surface area contributed by atoms with Crippen molar-refractivity contribution in [2.75, 3.05) is 12.3 Å². The maximum atomic E-state index is 13.6. The van der Waals surface area contributed by atoms with Gasteiger partial charge in [0.05, 0.1) is 0 Å². The zero-order valence-electron chi connectivity index (χ0n) is 12.0. The van der Waals surface area contributed by atoms with Crippen molar-refractivity contribution in [1.82, 2.24) is 4.72 Å². The van der Waals surface area contributed by atoms with E-state index in [1.807, 2.05) is 27.7 Å². The van der Waals surface area contributed by atoms with Crippen LogP contribution in [0.3, 0.4) is 0 Å². The Labute approximate surface area is 118 Å². The SMILES string of the molecule is CC(C)C(C)(C)CNS(=O)(=O)c1cc(N)cc(F)c1F. The third kappa shape index (κ3) is 3.67. The van der Waals surface area contributed by atoms with Gasteiger partial charge in [-0.25, -0.2) is 21.9 Å². The minimum Gasteiger partial charge on any atom is -0.399 e. The van der Waals surface area contributed by atoms with Gasteiger partial charge in [0.15, 0.2) is 11.6 Å². The third-order valence-corrected chi connectivity index (χ3v) is 4.99. The van der Waals surface area contributed by atoms with Gasteiger partial charge in [-0.2, -0.15) is 0 Å². The number of nitrogens with one attached hydrogen (secondary N) is 1. The van der Waals surface area contributed by atoms with Crippen LogP contribution in [0.25, 0.3) is 0 Å². The van der Waals surface area contributed by atoms with Crippen LogP contribution in [0.4, 0.5) is 14.5 Å². The Kier molecular flexibility index (Phi) is 4.76. The van der Waals surface area contributed by atoms with Crippen LogP contribution in [-0.4, -0.2) is 15.0 Å². The van der Waals surface area contributed by atoms with E-state index >= 15 is 0 Å². The molecule has 1 aromatic carbocycles. The Morgan fingerprint density at radius 2 is 1.85 bits per heavy atom. The fourth-order valence-corrected chi connectivity index (χ4v) is 2.68. The molecule has 0 saturated heterocycles. The lowest BCUT2D eigenvalue weighted by Crippen LogP contribution is -2.37. The summed E-state index contributed by atoms with van der Waals surface area (Å²) in [7, 11) is -4.15. The van der Waals surface area contributed by atoms with Gasteiger partial charge in [-0.3, -0.25) is 0 Å². The van der Waals surface area contributed by atoms with E-state index in [-0.39, 0.29) is 23.6 Å². The fraction of sp³-hybridized carbons (Fsp3) is 0.538. The Bertz CT molecular complexity index is 599. The molecule has 0 fully saturated rings. The second-order valence-electron chi connectivity index (χ2n) is 5.78. The van der Waals surface area contributed by atoms with Crippen LogP contribution in [0.2, 0.25) is 0 Å². The maximum Gasteiger partial charge on any atom is 0.243 e.